The average Bonchev–Trinajstić information content (AvgIpc) is 3.13. The molecule has 3 aromatic heterocycles. The summed E-state index contributed by atoms with van der Waals surface area (Å²) >= 11 is 1.66. The van der Waals surface area contributed by atoms with E-state index in [1.54, 1.807) is 29.2 Å². The number of thiophene rings is 1. The Bertz CT molecular complexity index is 877. The van der Waals surface area contributed by atoms with Crippen LogP contribution in [0, 0.1) is 6.92 Å². The Labute approximate surface area is 124 Å². The first-order valence-electron chi connectivity index (χ1n) is 7.01. The van der Waals surface area contributed by atoms with Gasteiger partial charge in [0.2, 0.25) is 5.89 Å². The van der Waals surface area contributed by atoms with Crippen molar-refractivity contribution in [2.24, 2.45) is 0 Å². The number of aryl methyl sites for hydroxylation is 5. The molecule has 0 saturated heterocycles. The molecule has 108 valence electrons. The van der Waals surface area contributed by atoms with Crippen LogP contribution >= 0.6 is 11.3 Å². The SMILES string of the molecule is Cc1nc(CCn2cnc3sc4c(c3c2=O)CCC4)no1. The van der Waals surface area contributed by atoms with Crippen LogP contribution in [0.2, 0.25) is 0 Å². The molecule has 6 nitrogen and oxygen atoms in total. The molecule has 0 aliphatic heterocycles. The zero-order valence-corrected chi connectivity index (χ0v) is 12.4. The molecule has 0 radical (unpaired) electrons. The summed E-state index contributed by atoms with van der Waals surface area (Å²) < 4.78 is 6.59. The van der Waals surface area contributed by atoms with Gasteiger partial charge in [0.25, 0.3) is 5.56 Å². The van der Waals surface area contributed by atoms with Crippen LogP contribution in [0.25, 0.3) is 10.2 Å². The van der Waals surface area contributed by atoms with Crippen molar-refractivity contribution in [3.8, 4) is 0 Å². The van der Waals surface area contributed by atoms with Gasteiger partial charge in [-0.3, -0.25) is 9.36 Å². The van der Waals surface area contributed by atoms with Gasteiger partial charge in [0.15, 0.2) is 5.82 Å². The highest BCUT2D eigenvalue weighted by atomic mass is 32.1. The first kappa shape index (κ1) is 12.7. The monoisotopic (exact) mass is 302 g/mol. The molecule has 3 heterocycles. The van der Waals surface area contributed by atoms with E-state index in [1.165, 1.54) is 10.4 Å². The molecule has 1 aliphatic rings. The molecule has 4 rings (SSSR count). The molecule has 1 aliphatic carbocycles. The largest absolute Gasteiger partial charge is 0.340 e. The third-order valence-electron chi connectivity index (χ3n) is 3.84. The van der Waals surface area contributed by atoms with E-state index < -0.39 is 0 Å². The molecule has 0 unspecified atom stereocenters. The summed E-state index contributed by atoms with van der Waals surface area (Å²) in [5.74, 6) is 1.16. The highest BCUT2D eigenvalue weighted by Gasteiger charge is 2.21. The smallest absolute Gasteiger partial charge is 0.262 e. The fourth-order valence-corrected chi connectivity index (χ4v) is 4.06. The summed E-state index contributed by atoms with van der Waals surface area (Å²) in [6.07, 6.45) is 5.42. The van der Waals surface area contributed by atoms with E-state index in [0.717, 1.165) is 29.5 Å². The standard InChI is InChI=1S/C14H14N4O2S/c1-8-16-11(17-20-8)5-6-18-7-15-13-12(14(18)19)9-3-2-4-10(9)21-13/h7H,2-6H2,1H3. The number of hydrogen-bond acceptors (Lipinski definition) is 6. The number of aromatic nitrogens is 4. The molecule has 0 amide bonds. The fourth-order valence-electron chi connectivity index (χ4n) is 2.84. The Morgan fingerprint density at radius 1 is 1.43 bits per heavy atom. The first-order valence-corrected chi connectivity index (χ1v) is 7.83. The van der Waals surface area contributed by atoms with Crippen LogP contribution in [-0.4, -0.2) is 19.7 Å². The minimum absolute atomic E-state index is 0.0552. The molecule has 0 N–H and O–H groups in total. The van der Waals surface area contributed by atoms with E-state index in [2.05, 4.69) is 15.1 Å². The van der Waals surface area contributed by atoms with Crippen molar-refractivity contribution in [3.63, 3.8) is 0 Å². The van der Waals surface area contributed by atoms with Gasteiger partial charge in [0, 0.05) is 24.8 Å². The maximum Gasteiger partial charge on any atom is 0.262 e. The normalized spacial score (nSPS) is 14.0. The molecular formula is C14H14N4O2S. The summed E-state index contributed by atoms with van der Waals surface area (Å²) in [5.41, 5.74) is 1.27. The number of rotatable bonds is 3. The average molecular weight is 302 g/mol. The number of fused-ring (bicyclic) bond motifs is 3. The number of hydrogen-bond donors (Lipinski definition) is 0. The van der Waals surface area contributed by atoms with Crippen molar-refractivity contribution in [2.75, 3.05) is 0 Å². The first-order chi connectivity index (χ1) is 10.2. The van der Waals surface area contributed by atoms with E-state index in [4.69, 9.17) is 4.52 Å². The Morgan fingerprint density at radius 3 is 3.14 bits per heavy atom. The van der Waals surface area contributed by atoms with E-state index in [-0.39, 0.29) is 5.56 Å². The van der Waals surface area contributed by atoms with Gasteiger partial charge in [-0.25, -0.2) is 4.98 Å². The Balaban J connectivity index is 1.69. The van der Waals surface area contributed by atoms with Gasteiger partial charge in [0.05, 0.1) is 11.7 Å². The minimum Gasteiger partial charge on any atom is -0.340 e. The van der Waals surface area contributed by atoms with Crippen molar-refractivity contribution in [1.29, 1.82) is 0 Å². The van der Waals surface area contributed by atoms with Gasteiger partial charge in [-0.2, -0.15) is 4.98 Å². The summed E-state index contributed by atoms with van der Waals surface area (Å²) in [7, 11) is 0. The quantitative estimate of drug-likeness (QED) is 0.738. The van der Waals surface area contributed by atoms with Crippen molar-refractivity contribution in [3.05, 3.63) is 38.8 Å². The van der Waals surface area contributed by atoms with Gasteiger partial charge in [0.1, 0.15) is 4.83 Å². The van der Waals surface area contributed by atoms with E-state index in [1.807, 2.05) is 0 Å². The molecule has 0 spiro atoms. The summed E-state index contributed by atoms with van der Waals surface area (Å²) in [6, 6.07) is 0. The van der Waals surface area contributed by atoms with Crippen molar-refractivity contribution < 1.29 is 4.52 Å². The third kappa shape index (κ3) is 2.08. The molecule has 21 heavy (non-hydrogen) atoms. The predicted molar refractivity (Wildman–Crippen MR) is 78.6 cm³/mol. The summed E-state index contributed by atoms with van der Waals surface area (Å²) in [4.78, 5) is 23.4. The number of nitrogens with zero attached hydrogens (tertiary/aromatic N) is 4. The second kappa shape index (κ2) is 4.77. The van der Waals surface area contributed by atoms with Crippen LogP contribution in [0.15, 0.2) is 15.6 Å². The summed E-state index contributed by atoms with van der Waals surface area (Å²) in [5, 5.41) is 4.67. The molecule has 0 fully saturated rings. The van der Waals surface area contributed by atoms with Crippen molar-refractivity contribution >= 4 is 21.6 Å². The molecule has 3 aromatic rings. The maximum absolute atomic E-state index is 12.6. The lowest BCUT2D eigenvalue weighted by atomic mass is 10.2. The van der Waals surface area contributed by atoms with E-state index >= 15 is 0 Å². The van der Waals surface area contributed by atoms with Gasteiger partial charge in [-0.1, -0.05) is 5.16 Å². The molecule has 0 aromatic carbocycles. The maximum atomic E-state index is 12.6. The van der Waals surface area contributed by atoms with Gasteiger partial charge in [-0.15, -0.1) is 11.3 Å². The van der Waals surface area contributed by atoms with E-state index in [9.17, 15) is 4.79 Å². The third-order valence-corrected chi connectivity index (χ3v) is 5.04. The predicted octanol–water partition coefficient (Wildman–Crippen LogP) is 1.88. The van der Waals surface area contributed by atoms with Crippen LogP contribution in [0.3, 0.4) is 0 Å². The van der Waals surface area contributed by atoms with Crippen LogP contribution in [0.4, 0.5) is 0 Å². The zero-order valence-electron chi connectivity index (χ0n) is 11.6. The molecule has 0 bridgehead atoms. The van der Waals surface area contributed by atoms with Gasteiger partial charge in [-0.05, 0) is 24.8 Å². The van der Waals surface area contributed by atoms with E-state index in [0.29, 0.717) is 24.7 Å². The lowest BCUT2D eigenvalue weighted by Gasteiger charge is -2.03. The van der Waals surface area contributed by atoms with Gasteiger partial charge >= 0.3 is 0 Å². The lowest BCUT2D eigenvalue weighted by molar-refractivity contribution is 0.386. The molecule has 0 saturated carbocycles. The zero-order chi connectivity index (χ0) is 14.4. The second-order valence-electron chi connectivity index (χ2n) is 5.26. The molecule has 0 atom stereocenters. The molecular weight excluding hydrogens is 288 g/mol. The Morgan fingerprint density at radius 2 is 2.33 bits per heavy atom. The van der Waals surface area contributed by atoms with Crippen LogP contribution in [0.1, 0.15) is 28.6 Å². The van der Waals surface area contributed by atoms with Crippen molar-refractivity contribution in [1.82, 2.24) is 19.7 Å². The minimum atomic E-state index is 0.0552. The Kier molecular flexibility index (Phi) is 2.88. The lowest BCUT2D eigenvalue weighted by Crippen LogP contribution is -2.22. The van der Waals surface area contributed by atoms with Crippen molar-refractivity contribution in [2.45, 2.75) is 39.2 Å². The topological polar surface area (TPSA) is 73.8 Å². The highest BCUT2D eigenvalue weighted by molar-refractivity contribution is 7.18. The fraction of sp³-hybridized carbons (Fsp3) is 0.429. The van der Waals surface area contributed by atoms with Gasteiger partial charge < -0.3 is 4.52 Å². The second-order valence-corrected chi connectivity index (χ2v) is 6.34. The van der Waals surface area contributed by atoms with Crippen LogP contribution in [-0.2, 0) is 25.8 Å². The summed E-state index contributed by atoms with van der Waals surface area (Å²) in [6.45, 7) is 2.27. The Hall–Kier alpha value is -2.02. The molecule has 7 heteroatoms. The van der Waals surface area contributed by atoms with Crippen LogP contribution in [0.5, 0.6) is 0 Å². The van der Waals surface area contributed by atoms with Crippen LogP contribution < -0.4 is 5.56 Å². The highest BCUT2D eigenvalue weighted by Crippen LogP contribution is 2.34.